The summed E-state index contributed by atoms with van der Waals surface area (Å²) in [5.41, 5.74) is 2.89. The largest absolute Gasteiger partial charge is 0.497 e. The zero-order chi connectivity index (χ0) is 21.8. The SMILES string of the molecule is COc1ccc(-c2csc3ncnc(SCc4cc(=O)c(OCC(C)C)c[nH]4)c23)cc1. The van der Waals surface area contributed by atoms with Crippen LogP contribution in [-0.4, -0.2) is 28.7 Å². The lowest BCUT2D eigenvalue weighted by molar-refractivity contribution is 0.268. The molecule has 0 saturated heterocycles. The van der Waals surface area contributed by atoms with E-state index in [0.717, 1.165) is 37.8 Å². The summed E-state index contributed by atoms with van der Waals surface area (Å²) in [6.07, 6.45) is 3.23. The van der Waals surface area contributed by atoms with Crippen LogP contribution in [-0.2, 0) is 5.75 Å². The lowest BCUT2D eigenvalue weighted by Gasteiger charge is -2.09. The van der Waals surface area contributed by atoms with Gasteiger partial charge >= 0.3 is 0 Å². The molecule has 0 aliphatic carbocycles. The normalized spacial score (nSPS) is 11.2. The van der Waals surface area contributed by atoms with Gasteiger partial charge in [0.25, 0.3) is 0 Å². The molecule has 3 aromatic heterocycles. The van der Waals surface area contributed by atoms with Gasteiger partial charge in [-0.1, -0.05) is 37.7 Å². The summed E-state index contributed by atoms with van der Waals surface area (Å²) >= 11 is 3.17. The van der Waals surface area contributed by atoms with Crippen molar-refractivity contribution in [3.8, 4) is 22.6 Å². The highest BCUT2D eigenvalue weighted by molar-refractivity contribution is 7.98. The topological polar surface area (TPSA) is 77.1 Å². The van der Waals surface area contributed by atoms with Gasteiger partial charge in [-0.3, -0.25) is 4.79 Å². The Hall–Kier alpha value is -2.84. The van der Waals surface area contributed by atoms with Crippen LogP contribution in [0.1, 0.15) is 19.5 Å². The van der Waals surface area contributed by atoms with E-state index in [9.17, 15) is 4.79 Å². The number of fused-ring (bicyclic) bond motifs is 1. The first-order valence-electron chi connectivity index (χ1n) is 9.89. The van der Waals surface area contributed by atoms with Crippen LogP contribution in [0.3, 0.4) is 0 Å². The first-order chi connectivity index (χ1) is 15.0. The van der Waals surface area contributed by atoms with E-state index >= 15 is 0 Å². The fourth-order valence-corrected chi connectivity index (χ4v) is 4.95. The molecule has 0 atom stereocenters. The summed E-state index contributed by atoms with van der Waals surface area (Å²) in [6.45, 7) is 4.61. The number of aromatic nitrogens is 3. The third-order valence-corrected chi connectivity index (χ3v) is 6.53. The van der Waals surface area contributed by atoms with Gasteiger partial charge in [-0.25, -0.2) is 9.97 Å². The van der Waals surface area contributed by atoms with Gasteiger partial charge in [-0.2, -0.15) is 0 Å². The van der Waals surface area contributed by atoms with E-state index in [-0.39, 0.29) is 5.43 Å². The second-order valence-electron chi connectivity index (χ2n) is 7.42. The summed E-state index contributed by atoms with van der Waals surface area (Å²) in [5, 5.41) is 4.02. The molecule has 0 amide bonds. The molecule has 4 aromatic rings. The number of nitrogens with zero attached hydrogens (tertiary/aromatic N) is 2. The number of hydrogen-bond acceptors (Lipinski definition) is 7. The molecule has 0 aliphatic heterocycles. The molecule has 6 nitrogen and oxygen atoms in total. The van der Waals surface area contributed by atoms with Crippen molar-refractivity contribution in [3.05, 3.63) is 64.2 Å². The van der Waals surface area contributed by atoms with Gasteiger partial charge in [0.15, 0.2) is 5.75 Å². The van der Waals surface area contributed by atoms with Gasteiger partial charge in [0, 0.05) is 34.7 Å². The Kier molecular flexibility index (Phi) is 6.58. The van der Waals surface area contributed by atoms with Crippen LogP contribution in [0.2, 0.25) is 0 Å². The summed E-state index contributed by atoms with van der Waals surface area (Å²) in [4.78, 5) is 25.4. The van der Waals surface area contributed by atoms with E-state index in [2.05, 4.69) is 20.3 Å². The van der Waals surface area contributed by atoms with Gasteiger partial charge in [-0.15, -0.1) is 11.3 Å². The number of H-pyrrole nitrogens is 1. The predicted octanol–water partition coefficient (Wildman–Crippen LogP) is 5.38. The number of rotatable bonds is 8. The minimum Gasteiger partial charge on any atom is -0.497 e. The van der Waals surface area contributed by atoms with Crippen molar-refractivity contribution in [2.75, 3.05) is 13.7 Å². The highest BCUT2D eigenvalue weighted by Crippen LogP contribution is 2.38. The van der Waals surface area contributed by atoms with Crippen LogP contribution in [0.5, 0.6) is 11.5 Å². The molecule has 31 heavy (non-hydrogen) atoms. The van der Waals surface area contributed by atoms with Crippen LogP contribution in [0.25, 0.3) is 21.3 Å². The lowest BCUT2D eigenvalue weighted by Crippen LogP contribution is -2.13. The molecular weight excluding hydrogens is 430 g/mol. The molecule has 1 N–H and O–H groups in total. The van der Waals surface area contributed by atoms with Crippen molar-refractivity contribution >= 4 is 33.3 Å². The second kappa shape index (κ2) is 9.53. The highest BCUT2D eigenvalue weighted by atomic mass is 32.2. The molecule has 1 aromatic carbocycles. The van der Waals surface area contributed by atoms with Gasteiger partial charge in [0.1, 0.15) is 21.9 Å². The van der Waals surface area contributed by atoms with E-state index in [0.29, 0.717) is 24.0 Å². The Bertz CT molecular complexity index is 1230. The molecule has 0 aliphatic rings. The predicted molar refractivity (Wildman–Crippen MR) is 126 cm³/mol. The first-order valence-corrected chi connectivity index (χ1v) is 11.8. The maximum Gasteiger partial charge on any atom is 0.223 e. The fourth-order valence-electron chi connectivity index (χ4n) is 3.04. The fraction of sp³-hybridized carbons (Fsp3) is 0.261. The highest BCUT2D eigenvalue weighted by Gasteiger charge is 2.14. The average Bonchev–Trinajstić information content (AvgIpc) is 3.22. The van der Waals surface area contributed by atoms with E-state index in [1.807, 2.05) is 38.1 Å². The Labute approximate surface area is 188 Å². The number of aromatic amines is 1. The van der Waals surface area contributed by atoms with Crippen molar-refractivity contribution in [3.63, 3.8) is 0 Å². The summed E-state index contributed by atoms with van der Waals surface area (Å²) in [7, 11) is 1.66. The molecule has 0 spiro atoms. The van der Waals surface area contributed by atoms with Gasteiger partial charge in [0.05, 0.1) is 19.1 Å². The van der Waals surface area contributed by atoms with Gasteiger partial charge in [-0.05, 0) is 23.6 Å². The number of ether oxygens (including phenoxy) is 2. The number of pyridine rings is 1. The quantitative estimate of drug-likeness (QED) is 0.285. The van der Waals surface area contributed by atoms with Crippen LogP contribution < -0.4 is 14.9 Å². The molecule has 0 bridgehead atoms. The zero-order valence-electron chi connectivity index (χ0n) is 17.5. The molecule has 0 radical (unpaired) electrons. The molecule has 0 fully saturated rings. The molecular formula is C23H23N3O3S2. The number of methoxy groups -OCH3 is 1. The van der Waals surface area contributed by atoms with Crippen molar-refractivity contribution in [1.29, 1.82) is 0 Å². The summed E-state index contributed by atoms with van der Waals surface area (Å²) in [5.74, 6) is 2.12. The Morgan fingerprint density at radius 1 is 1.19 bits per heavy atom. The third-order valence-electron chi connectivity index (χ3n) is 4.61. The van der Waals surface area contributed by atoms with Gasteiger partial charge < -0.3 is 14.5 Å². The summed E-state index contributed by atoms with van der Waals surface area (Å²) < 4.78 is 10.8. The molecule has 3 heterocycles. The first kappa shape index (κ1) is 21.4. The van der Waals surface area contributed by atoms with Crippen LogP contribution in [0.4, 0.5) is 0 Å². The number of benzene rings is 1. The van der Waals surface area contributed by atoms with Crippen LogP contribution in [0, 0.1) is 5.92 Å². The van der Waals surface area contributed by atoms with Crippen molar-refractivity contribution in [2.24, 2.45) is 5.92 Å². The standard InChI is InChI=1S/C23H23N3O3S2/c1-14(2)10-29-20-9-24-16(8-19(20)27)11-30-22-21-18(12-31-23(21)26-13-25-22)15-4-6-17(28-3)7-5-15/h4-9,12-14H,10-11H2,1-3H3,(H,24,27). The molecule has 0 saturated carbocycles. The molecule has 4 rings (SSSR count). The summed E-state index contributed by atoms with van der Waals surface area (Å²) in [6, 6.07) is 9.57. The van der Waals surface area contributed by atoms with Crippen molar-refractivity contribution in [1.82, 2.24) is 15.0 Å². The smallest absolute Gasteiger partial charge is 0.223 e. The number of thioether (sulfide) groups is 1. The molecule has 0 unspecified atom stereocenters. The van der Waals surface area contributed by atoms with Crippen LogP contribution in [0.15, 0.2) is 58.1 Å². The molecule has 8 heteroatoms. The van der Waals surface area contributed by atoms with Gasteiger partial charge in [0.2, 0.25) is 5.43 Å². The molecule has 160 valence electrons. The van der Waals surface area contributed by atoms with Crippen LogP contribution >= 0.6 is 23.1 Å². The Balaban J connectivity index is 1.57. The lowest BCUT2D eigenvalue weighted by atomic mass is 10.1. The average molecular weight is 454 g/mol. The van der Waals surface area contributed by atoms with E-state index < -0.39 is 0 Å². The Morgan fingerprint density at radius 3 is 2.71 bits per heavy atom. The Morgan fingerprint density at radius 2 is 2.00 bits per heavy atom. The maximum atomic E-state index is 12.3. The minimum absolute atomic E-state index is 0.114. The second-order valence-corrected chi connectivity index (χ2v) is 9.24. The van der Waals surface area contributed by atoms with E-state index in [1.165, 1.54) is 0 Å². The zero-order valence-corrected chi connectivity index (χ0v) is 19.2. The number of thiophene rings is 1. The van der Waals surface area contributed by atoms with E-state index in [4.69, 9.17) is 9.47 Å². The number of nitrogens with one attached hydrogen (secondary N) is 1. The maximum absolute atomic E-state index is 12.3. The minimum atomic E-state index is -0.114. The number of hydrogen-bond donors (Lipinski definition) is 1. The van der Waals surface area contributed by atoms with Crippen molar-refractivity contribution < 1.29 is 9.47 Å². The monoisotopic (exact) mass is 453 g/mol. The van der Waals surface area contributed by atoms with Crippen molar-refractivity contribution in [2.45, 2.75) is 24.6 Å². The van der Waals surface area contributed by atoms with E-state index in [1.54, 1.807) is 48.8 Å². The third kappa shape index (κ3) is 4.91.